The molecule has 0 heterocycles. The molecule has 0 aromatic heterocycles. The first kappa shape index (κ1) is 58.1. The summed E-state index contributed by atoms with van der Waals surface area (Å²) >= 11 is 0. The first-order valence-electron chi connectivity index (χ1n) is 26.2. The van der Waals surface area contributed by atoms with Gasteiger partial charge in [-0.25, -0.2) is 0 Å². The Morgan fingerprint density at radius 3 is 1.30 bits per heavy atom. The number of carbonyl (C=O) groups excluding carboxylic acids is 2. The van der Waals surface area contributed by atoms with Crippen molar-refractivity contribution in [1.29, 1.82) is 0 Å². The number of esters is 1. The Labute approximate surface area is 373 Å². The van der Waals surface area contributed by atoms with Crippen LogP contribution >= 0.6 is 0 Å². The number of aliphatic hydroxyl groups is 2. The number of nitrogens with one attached hydrogen (secondary N) is 1. The number of aliphatic hydroxyl groups excluding tert-OH is 2. The van der Waals surface area contributed by atoms with Crippen molar-refractivity contribution >= 4 is 11.9 Å². The second-order valence-corrected chi connectivity index (χ2v) is 17.8. The van der Waals surface area contributed by atoms with E-state index < -0.39 is 12.1 Å². The minimum atomic E-state index is -0.671. The Bertz CT molecular complexity index is 977. The lowest BCUT2D eigenvalue weighted by atomic mass is 10.0. The van der Waals surface area contributed by atoms with E-state index in [1.165, 1.54) is 173 Å². The number of carbonyl (C=O) groups is 2. The number of hydrogen-bond donors (Lipinski definition) is 3. The van der Waals surface area contributed by atoms with Gasteiger partial charge < -0.3 is 20.3 Å². The Morgan fingerprint density at radius 2 is 0.833 bits per heavy atom. The normalized spacial score (nSPS) is 12.9. The lowest BCUT2D eigenvalue weighted by Crippen LogP contribution is -2.45. The number of ether oxygens (including phenoxy) is 1. The molecule has 6 heteroatoms. The molecule has 0 saturated heterocycles. The van der Waals surface area contributed by atoms with Crippen LogP contribution in [-0.2, 0) is 14.3 Å². The first-order valence-corrected chi connectivity index (χ1v) is 26.2. The molecule has 0 rings (SSSR count). The third-order valence-corrected chi connectivity index (χ3v) is 11.9. The number of allylic oxidation sites excluding steroid dienone is 6. The number of rotatable bonds is 48. The van der Waals surface area contributed by atoms with E-state index in [-0.39, 0.29) is 18.5 Å². The molecule has 0 aliphatic carbocycles. The van der Waals surface area contributed by atoms with Gasteiger partial charge in [0.25, 0.3) is 0 Å². The maximum atomic E-state index is 12.4. The molecule has 1 amide bonds. The Morgan fingerprint density at radius 1 is 0.467 bits per heavy atom. The number of hydrogen-bond acceptors (Lipinski definition) is 5. The Hall–Kier alpha value is -1.92. The lowest BCUT2D eigenvalue weighted by molar-refractivity contribution is -0.143. The standard InChI is InChI=1S/C54H101NO5/c1-3-5-7-9-11-13-15-16-17-22-25-28-32-36-40-44-48-54(59)60-49-45-41-37-33-29-26-23-20-18-19-21-24-27-31-35-39-43-47-53(58)55-51(50-56)52(57)46-42-38-34-30-14-12-10-8-6-4-2/h13,15,17-18,20,22,51-52,56-57H,3-12,14,16,19,21,23-50H2,1-2H3,(H,55,58)/b15-13-,20-18-,22-17-. The number of unbranched alkanes of at least 4 members (excludes halogenated alkanes) is 31. The second-order valence-electron chi connectivity index (χ2n) is 17.8. The van der Waals surface area contributed by atoms with Crippen LogP contribution in [0.2, 0.25) is 0 Å². The fourth-order valence-corrected chi connectivity index (χ4v) is 7.84. The molecule has 0 bridgehead atoms. The van der Waals surface area contributed by atoms with Crippen LogP contribution in [0, 0.1) is 0 Å². The van der Waals surface area contributed by atoms with E-state index in [4.69, 9.17) is 4.74 Å². The first-order chi connectivity index (χ1) is 29.5. The van der Waals surface area contributed by atoms with Gasteiger partial charge in [-0.2, -0.15) is 0 Å². The summed E-state index contributed by atoms with van der Waals surface area (Å²) in [6.45, 7) is 4.89. The highest BCUT2D eigenvalue weighted by molar-refractivity contribution is 5.76. The maximum Gasteiger partial charge on any atom is 0.305 e. The fourth-order valence-electron chi connectivity index (χ4n) is 7.84. The van der Waals surface area contributed by atoms with Crippen LogP contribution in [0.25, 0.3) is 0 Å². The van der Waals surface area contributed by atoms with Crippen molar-refractivity contribution in [2.75, 3.05) is 13.2 Å². The van der Waals surface area contributed by atoms with Crippen LogP contribution in [-0.4, -0.2) is 47.4 Å². The molecule has 0 saturated carbocycles. The molecule has 3 N–H and O–H groups in total. The highest BCUT2D eigenvalue weighted by atomic mass is 16.5. The molecule has 2 atom stereocenters. The van der Waals surface area contributed by atoms with E-state index in [9.17, 15) is 19.8 Å². The average molecular weight is 844 g/mol. The monoisotopic (exact) mass is 844 g/mol. The van der Waals surface area contributed by atoms with E-state index in [0.29, 0.717) is 25.9 Å². The molecule has 0 radical (unpaired) electrons. The molecule has 2 unspecified atom stereocenters. The van der Waals surface area contributed by atoms with Crippen molar-refractivity contribution in [3.63, 3.8) is 0 Å². The van der Waals surface area contributed by atoms with Gasteiger partial charge in [0.1, 0.15) is 0 Å². The van der Waals surface area contributed by atoms with Crippen molar-refractivity contribution in [2.24, 2.45) is 0 Å². The zero-order valence-corrected chi connectivity index (χ0v) is 39.9. The highest BCUT2D eigenvalue weighted by Gasteiger charge is 2.20. The predicted octanol–water partition coefficient (Wildman–Crippen LogP) is 15.7. The van der Waals surface area contributed by atoms with E-state index >= 15 is 0 Å². The Balaban J connectivity index is 3.45. The summed E-state index contributed by atoms with van der Waals surface area (Å²) in [4.78, 5) is 24.4. The molecule has 0 aliphatic heterocycles. The Kier molecular flexibility index (Phi) is 48.1. The van der Waals surface area contributed by atoms with Crippen molar-refractivity contribution in [3.05, 3.63) is 36.5 Å². The minimum absolute atomic E-state index is 0.0160. The van der Waals surface area contributed by atoms with Crippen LogP contribution in [0.3, 0.4) is 0 Å². The van der Waals surface area contributed by atoms with E-state index in [1.807, 2.05) is 0 Å². The van der Waals surface area contributed by atoms with Crippen molar-refractivity contribution in [2.45, 2.75) is 283 Å². The SMILES string of the molecule is CCCCCC/C=C\C/C=C\CCCCCCCC(=O)OCCCCCCCC/C=C\CCCCCCCCCC(=O)NC(CO)C(O)CCCCCCCCCCCC. The summed E-state index contributed by atoms with van der Waals surface area (Å²) in [6.07, 6.45) is 59.7. The smallest absolute Gasteiger partial charge is 0.305 e. The quantitative estimate of drug-likeness (QED) is 0.0322. The topological polar surface area (TPSA) is 95.9 Å². The fraction of sp³-hybridized carbons (Fsp3) is 0.852. The maximum absolute atomic E-state index is 12.4. The third-order valence-electron chi connectivity index (χ3n) is 11.9. The van der Waals surface area contributed by atoms with E-state index in [1.54, 1.807) is 0 Å². The van der Waals surface area contributed by atoms with Gasteiger partial charge in [0.05, 0.1) is 25.4 Å². The molecule has 0 aromatic carbocycles. The van der Waals surface area contributed by atoms with Gasteiger partial charge in [0, 0.05) is 12.8 Å². The van der Waals surface area contributed by atoms with Crippen molar-refractivity contribution in [1.82, 2.24) is 5.32 Å². The van der Waals surface area contributed by atoms with Crippen LogP contribution in [0.1, 0.15) is 271 Å². The molecule has 6 nitrogen and oxygen atoms in total. The van der Waals surface area contributed by atoms with Crippen LogP contribution in [0.15, 0.2) is 36.5 Å². The molecular weight excluding hydrogens is 743 g/mol. The summed E-state index contributed by atoms with van der Waals surface area (Å²) in [5.41, 5.74) is 0. The molecule has 0 aliphatic rings. The molecule has 60 heavy (non-hydrogen) atoms. The van der Waals surface area contributed by atoms with E-state index in [0.717, 1.165) is 64.2 Å². The third kappa shape index (κ3) is 45.6. The highest BCUT2D eigenvalue weighted by Crippen LogP contribution is 2.15. The summed E-state index contributed by atoms with van der Waals surface area (Å²) < 4.78 is 5.46. The van der Waals surface area contributed by atoms with Gasteiger partial charge in [0.2, 0.25) is 5.91 Å². The van der Waals surface area contributed by atoms with Gasteiger partial charge in [-0.3, -0.25) is 9.59 Å². The molecular formula is C54H101NO5. The zero-order valence-electron chi connectivity index (χ0n) is 39.9. The van der Waals surface area contributed by atoms with E-state index in [2.05, 4.69) is 55.6 Å². The van der Waals surface area contributed by atoms with Gasteiger partial charge in [0.15, 0.2) is 0 Å². The number of amides is 1. The minimum Gasteiger partial charge on any atom is -0.466 e. The van der Waals surface area contributed by atoms with Gasteiger partial charge >= 0.3 is 5.97 Å². The van der Waals surface area contributed by atoms with Gasteiger partial charge in [-0.15, -0.1) is 0 Å². The molecule has 0 fully saturated rings. The molecule has 352 valence electrons. The van der Waals surface area contributed by atoms with Crippen LogP contribution in [0.4, 0.5) is 0 Å². The summed E-state index contributed by atoms with van der Waals surface area (Å²) in [7, 11) is 0. The largest absolute Gasteiger partial charge is 0.466 e. The summed E-state index contributed by atoms with van der Waals surface area (Å²) in [5.74, 6) is -0.0660. The van der Waals surface area contributed by atoms with Crippen LogP contribution < -0.4 is 5.32 Å². The van der Waals surface area contributed by atoms with Crippen molar-refractivity contribution < 1.29 is 24.5 Å². The second kappa shape index (κ2) is 49.7. The average Bonchev–Trinajstić information content (AvgIpc) is 3.25. The zero-order chi connectivity index (χ0) is 43.7. The molecule has 0 aromatic rings. The predicted molar refractivity (Wildman–Crippen MR) is 259 cm³/mol. The lowest BCUT2D eigenvalue weighted by Gasteiger charge is -2.22. The summed E-state index contributed by atoms with van der Waals surface area (Å²) in [5, 5.41) is 23.1. The summed E-state index contributed by atoms with van der Waals surface area (Å²) in [6, 6.07) is -0.549. The van der Waals surface area contributed by atoms with Gasteiger partial charge in [-0.1, -0.05) is 211 Å². The molecule has 0 spiro atoms. The van der Waals surface area contributed by atoms with Crippen molar-refractivity contribution in [3.8, 4) is 0 Å². The van der Waals surface area contributed by atoms with Gasteiger partial charge in [-0.05, 0) is 83.5 Å². The van der Waals surface area contributed by atoms with Crippen LogP contribution in [0.5, 0.6) is 0 Å².